The van der Waals surface area contributed by atoms with Crippen molar-refractivity contribution in [3.8, 4) is 5.75 Å². The summed E-state index contributed by atoms with van der Waals surface area (Å²) in [6.45, 7) is 0. The van der Waals surface area contributed by atoms with Gasteiger partial charge in [0, 0.05) is 6.42 Å². The fourth-order valence-electron chi connectivity index (χ4n) is 2.25. The van der Waals surface area contributed by atoms with Crippen LogP contribution in [-0.4, -0.2) is 46.4 Å². The van der Waals surface area contributed by atoms with Crippen molar-refractivity contribution in [2.45, 2.75) is 30.6 Å². The maximum atomic E-state index is 11.7. The van der Waals surface area contributed by atoms with Crippen LogP contribution in [0.3, 0.4) is 0 Å². The first-order chi connectivity index (χ1) is 9.90. The van der Waals surface area contributed by atoms with E-state index in [9.17, 15) is 19.8 Å². The predicted molar refractivity (Wildman–Crippen MR) is 65.7 cm³/mol. The zero-order chi connectivity index (χ0) is 15.2. The van der Waals surface area contributed by atoms with E-state index >= 15 is 0 Å². The first kappa shape index (κ1) is 13.8. The van der Waals surface area contributed by atoms with Crippen LogP contribution in [-0.2, 0) is 25.5 Å². The molecule has 2 aliphatic rings. The third-order valence-electron chi connectivity index (χ3n) is 3.40. The standard InChI is InChI=1S/C13H13NO7/c14-13-8(5-6-3-1-2-4-7(6)20-13)19-11(17)9(15)10(16)12(18)21-13/h1-4,8-10,15-16H,5,14H2. The van der Waals surface area contributed by atoms with Gasteiger partial charge in [-0.3, -0.25) is 5.73 Å². The summed E-state index contributed by atoms with van der Waals surface area (Å²) in [5.41, 5.74) is 6.58. The topological polar surface area (TPSA) is 128 Å². The van der Waals surface area contributed by atoms with Crippen LogP contribution < -0.4 is 10.5 Å². The van der Waals surface area contributed by atoms with E-state index in [0.717, 1.165) is 0 Å². The van der Waals surface area contributed by atoms with Crippen LogP contribution in [0.2, 0.25) is 0 Å². The highest BCUT2D eigenvalue weighted by Gasteiger charge is 2.53. The molecule has 112 valence electrons. The van der Waals surface area contributed by atoms with Crippen molar-refractivity contribution in [3.05, 3.63) is 29.8 Å². The molecule has 0 bridgehead atoms. The smallest absolute Gasteiger partial charge is 0.352 e. The maximum Gasteiger partial charge on any atom is 0.352 e. The lowest BCUT2D eigenvalue weighted by molar-refractivity contribution is -0.262. The molecule has 8 nitrogen and oxygen atoms in total. The quantitative estimate of drug-likeness (QED) is 0.489. The van der Waals surface area contributed by atoms with E-state index in [-0.39, 0.29) is 6.42 Å². The number of hydrogen-bond acceptors (Lipinski definition) is 8. The summed E-state index contributed by atoms with van der Waals surface area (Å²) in [6, 6.07) is 6.84. The van der Waals surface area contributed by atoms with Crippen LogP contribution in [0.5, 0.6) is 5.75 Å². The number of aliphatic hydroxyl groups is 2. The molecule has 0 saturated carbocycles. The van der Waals surface area contributed by atoms with Gasteiger partial charge in [-0.2, -0.15) is 0 Å². The number of carbonyl (C=O) groups excluding carboxylic acids is 2. The monoisotopic (exact) mass is 295 g/mol. The summed E-state index contributed by atoms with van der Waals surface area (Å²) in [6.07, 6.45) is -5.10. The Morgan fingerprint density at radius 1 is 1.10 bits per heavy atom. The van der Waals surface area contributed by atoms with Crippen molar-refractivity contribution < 1.29 is 34.0 Å². The number of rotatable bonds is 0. The molecule has 21 heavy (non-hydrogen) atoms. The van der Waals surface area contributed by atoms with Gasteiger partial charge in [0.05, 0.1) is 0 Å². The SMILES string of the molecule is NC12OC(=O)C(O)C(O)C(=O)OC1Cc1ccccc1O2. The molecule has 2 aliphatic heterocycles. The van der Waals surface area contributed by atoms with E-state index in [4.69, 9.17) is 19.9 Å². The molecular weight excluding hydrogens is 282 g/mol. The Bertz CT molecular complexity index is 604. The van der Waals surface area contributed by atoms with Gasteiger partial charge < -0.3 is 24.4 Å². The number of hydrogen-bond donors (Lipinski definition) is 3. The molecule has 1 aromatic carbocycles. The molecule has 0 amide bonds. The number of fused-ring (bicyclic) bond motifs is 2. The number of carbonyl (C=O) groups is 2. The van der Waals surface area contributed by atoms with Gasteiger partial charge in [0.1, 0.15) is 5.75 Å². The van der Waals surface area contributed by atoms with Gasteiger partial charge in [-0.25, -0.2) is 9.59 Å². The molecule has 4 N–H and O–H groups in total. The Balaban J connectivity index is 1.99. The van der Waals surface area contributed by atoms with E-state index in [2.05, 4.69) is 0 Å². The highest BCUT2D eigenvalue weighted by Crippen LogP contribution is 2.34. The molecule has 0 aromatic heterocycles. The van der Waals surface area contributed by atoms with Crippen LogP contribution in [0.1, 0.15) is 5.56 Å². The molecule has 0 radical (unpaired) electrons. The van der Waals surface area contributed by atoms with Crippen molar-refractivity contribution >= 4 is 11.9 Å². The van der Waals surface area contributed by atoms with Crippen molar-refractivity contribution in [1.82, 2.24) is 0 Å². The first-order valence-corrected chi connectivity index (χ1v) is 6.26. The minimum Gasteiger partial charge on any atom is -0.450 e. The third kappa shape index (κ3) is 2.23. The number of esters is 2. The van der Waals surface area contributed by atoms with Crippen molar-refractivity contribution in [3.63, 3.8) is 0 Å². The second kappa shape index (κ2) is 4.69. The zero-order valence-electron chi connectivity index (χ0n) is 10.8. The minimum atomic E-state index is -2.08. The number of benzene rings is 1. The molecule has 2 heterocycles. The molecule has 8 heteroatoms. The van der Waals surface area contributed by atoms with Crippen molar-refractivity contribution in [2.24, 2.45) is 5.73 Å². The molecule has 1 fully saturated rings. The van der Waals surface area contributed by atoms with Gasteiger partial charge in [0.25, 0.3) is 0 Å². The van der Waals surface area contributed by atoms with Crippen LogP contribution in [0.15, 0.2) is 24.3 Å². The Morgan fingerprint density at radius 3 is 2.52 bits per heavy atom. The summed E-state index contributed by atoms with van der Waals surface area (Å²) in [5, 5.41) is 19.0. The second-order valence-electron chi connectivity index (χ2n) is 4.87. The van der Waals surface area contributed by atoms with Gasteiger partial charge in [-0.15, -0.1) is 0 Å². The average Bonchev–Trinajstić information content (AvgIpc) is 2.45. The van der Waals surface area contributed by atoms with Gasteiger partial charge >= 0.3 is 17.8 Å². The predicted octanol–water partition coefficient (Wildman–Crippen LogP) is -1.58. The molecule has 4 atom stereocenters. The Labute approximate surface area is 119 Å². The zero-order valence-corrected chi connectivity index (χ0v) is 10.8. The van der Waals surface area contributed by atoms with Crippen molar-refractivity contribution in [1.29, 1.82) is 0 Å². The Morgan fingerprint density at radius 2 is 1.76 bits per heavy atom. The lowest BCUT2D eigenvalue weighted by Crippen LogP contribution is -2.66. The van der Waals surface area contributed by atoms with Gasteiger partial charge in [0.15, 0.2) is 18.3 Å². The fourth-order valence-corrected chi connectivity index (χ4v) is 2.25. The Kier molecular flexibility index (Phi) is 3.08. The largest absolute Gasteiger partial charge is 0.450 e. The number of ether oxygens (including phenoxy) is 3. The number of nitrogens with two attached hydrogens (primary N) is 1. The molecule has 4 unspecified atom stereocenters. The summed E-state index contributed by atoms with van der Waals surface area (Å²) >= 11 is 0. The third-order valence-corrected chi connectivity index (χ3v) is 3.40. The van der Waals surface area contributed by atoms with E-state index in [0.29, 0.717) is 11.3 Å². The van der Waals surface area contributed by atoms with Gasteiger partial charge in [0.2, 0.25) is 0 Å². The molecule has 0 spiro atoms. The summed E-state index contributed by atoms with van der Waals surface area (Å²) < 4.78 is 15.3. The summed E-state index contributed by atoms with van der Waals surface area (Å²) in [5.74, 6) is -4.09. The van der Waals surface area contributed by atoms with E-state index in [1.54, 1.807) is 24.3 Å². The van der Waals surface area contributed by atoms with Crippen LogP contribution >= 0.6 is 0 Å². The van der Waals surface area contributed by atoms with Crippen LogP contribution in [0.4, 0.5) is 0 Å². The van der Waals surface area contributed by atoms with E-state index in [1.165, 1.54) is 0 Å². The molecule has 1 saturated heterocycles. The second-order valence-corrected chi connectivity index (χ2v) is 4.87. The van der Waals surface area contributed by atoms with Crippen molar-refractivity contribution in [2.75, 3.05) is 0 Å². The van der Waals surface area contributed by atoms with E-state index < -0.39 is 36.2 Å². The fraction of sp³-hybridized carbons (Fsp3) is 0.385. The molecule has 1 aromatic rings. The first-order valence-electron chi connectivity index (χ1n) is 6.26. The highest BCUT2D eigenvalue weighted by molar-refractivity contribution is 5.86. The van der Waals surface area contributed by atoms with E-state index in [1.807, 2.05) is 0 Å². The lowest BCUT2D eigenvalue weighted by atomic mass is 10.0. The molecule has 3 rings (SSSR count). The number of aliphatic hydroxyl groups excluding tert-OH is 2. The van der Waals surface area contributed by atoms with Crippen LogP contribution in [0, 0.1) is 0 Å². The lowest BCUT2D eigenvalue weighted by Gasteiger charge is -2.41. The highest BCUT2D eigenvalue weighted by atomic mass is 16.8. The van der Waals surface area contributed by atoms with Gasteiger partial charge in [-0.05, 0) is 11.6 Å². The summed E-state index contributed by atoms with van der Waals surface area (Å²) in [7, 11) is 0. The molecule has 0 aliphatic carbocycles. The normalized spacial score (nSPS) is 35.3. The maximum absolute atomic E-state index is 11.7. The van der Waals surface area contributed by atoms with Gasteiger partial charge in [-0.1, -0.05) is 18.2 Å². The summed E-state index contributed by atoms with van der Waals surface area (Å²) in [4.78, 5) is 23.4. The minimum absolute atomic E-state index is 0.147. The molecular formula is C13H13NO7. The average molecular weight is 295 g/mol. The number of para-hydroxylation sites is 1. The Hall–Kier alpha value is -2.16. The van der Waals surface area contributed by atoms with Crippen LogP contribution in [0.25, 0.3) is 0 Å².